The molecule has 0 saturated heterocycles. The van der Waals surface area contributed by atoms with E-state index < -0.39 is 0 Å². The second kappa shape index (κ2) is 9.65. The minimum atomic E-state index is -0.327. The van der Waals surface area contributed by atoms with Crippen molar-refractivity contribution in [2.45, 2.75) is 32.4 Å². The van der Waals surface area contributed by atoms with Gasteiger partial charge in [-0.05, 0) is 60.2 Å². The standard InChI is InChI=1S/C27H26N4OS/c1-19-13-23(9-11-28-19)22-8-7-21-10-12-31(26(21)15-22)27(32)25(14-20-5-3-2-4-6-20)29-16-24-17-33-18-30-24/h2-9,11,13,15,17-18,25,29H,10,12,14,16H2,1H3/t25-/m0/s1. The summed E-state index contributed by atoms with van der Waals surface area (Å²) in [6, 6.07) is 20.4. The fourth-order valence-electron chi connectivity index (χ4n) is 4.35. The number of anilines is 1. The number of benzene rings is 2. The third-order valence-corrected chi connectivity index (χ3v) is 6.71. The number of carbonyl (C=O) groups excluding carboxylic acids is 1. The molecule has 166 valence electrons. The van der Waals surface area contributed by atoms with Crippen LogP contribution < -0.4 is 10.2 Å². The van der Waals surface area contributed by atoms with Crippen molar-refractivity contribution in [3.8, 4) is 11.1 Å². The van der Waals surface area contributed by atoms with Gasteiger partial charge in [0.05, 0.1) is 17.2 Å². The highest BCUT2D eigenvalue weighted by Gasteiger charge is 2.30. The number of hydrogen-bond donors (Lipinski definition) is 1. The van der Waals surface area contributed by atoms with E-state index in [-0.39, 0.29) is 11.9 Å². The Balaban J connectivity index is 1.42. The van der Waals surface area contributed by atoms with E-state index in [2.05, 4.69) is 51.7 Å². The maximum absolute atomic E-state index is 13.8. The van der Waals surface area contributed by atoms with Crippen LogP contribution in [0.3, 0.4) is 0 Å². The van der Waals surface area contributed by atoms with Crippen LogP contribution in [0.4, 0.5) is 5.69 Å². The van der Waals surface area contributed by atoms with E-state index in [1.54, 1.807) is 11.3 Å². The average molecular weight is 455 g/mol. The monoisotopic (exact) mass is 454 g/mol. The van der Waals surface area contributed by atoms with Crippen LogP contribution in [0.15, 0.2) is 77.8 Å². The molecule has 2 aromatic heterocycles. The van der Waals surface area contributed by atoms with Gasteiger partial charge in [0, 0.05) is 36.0 Å². The van der Waals surface area contributed by atoms with Gasteiger partial charge in [-0.15, -0.1) is 11.3 Å². The lowest BCUT2D eigenvalue weighted by Gasteiger charge is -2.25. The zero-order valence-electron chi connectivity index (χ0n) is 18.6. The molecule has 0 saturated carbocycles. The van der Waals surface area contributed by atoms with Crippen molar-refractivity contribution in [3.63, 3.8) is 0 Å². The Kier molecular flexibility index (Phi) is 6.28. The van der Waals surface area contributed by atoms with Crippen molar-refractivity contribution in [3.05, 3.63) is 100 Å². The Hall–Kier alpha value is -3.35. The largest absolute Gasteiger partial charge is 0.310 e. The number of nitrogens with zero attached hydrogens (tertiary/aromatic N) is 3. The van der Waals surface area contributed by atoms with Gasteiger partial charge in [-0.25, -0.2) is 4.98 Å². The predicted molar refractivity (Wildman–Crippen MR) is 133 cm³/mol. The molecule has 1 amide bonds. The second-order valence-corrected chi connectivity index (χ2v) is 9.09. The maximum Gasteiger partial charge on any atom is 0.244 e. The first kappa shape index (κ1) is 21.5. The van der Waals surface area contributed by atoms with Crippen molar-refractivity contribution in [2.24, 2.45) is 0 Å². The van der Waals surface area contributed by atoms with Crippen molar-refractivity contribution in [1.29, 1.82) is 0 Å². The second-order valence-electron chi connectivity index (χ2n) is 8.37. The molecule has 5 rings (SSSR count). The first-order valence-electron chi connectivity index (χ1n) is 11.2. The molecule has 2 aromatic carbocycles. The third kappa shape index (κ3) is 4.87. The van der Waals surface area contributed by atoms with Gasteiger partial charge in [0.2, 0.25) is 5.91 Å². The lowest BCUT2D eigenvalue weighted by molar-refractivity contribution is -0.120. The molecular formula is C27H26N4OS. The highest BCUT2D eigenvalue weighted by molar-refractivity contribution is 7.07. The molecule has 4 aromatic rings. The summed E-state index contributed by atoms with van der Waals surface area (Å²) in [5.41, 5.74) is 9.36. The van der Waals surface area contributed by atoms with Gasteiger partial charge in [-0.2, -0.15) is 0 Å². The molecule has 1 atom stereocenters. The molecular weight excluding hydrogens is 428 g/mol. The highest BCUT2D eigenvalue weighted by atomic mass is 32.1. The lowest BCUT2D eigenvalue weighted by atomic mass is 10.0. The molecule has 1 aliphatic heterocycles. The zero-order valence-corrected chi connectivity index (χ0v) is 19.4. The molecule has 1 aliphatic rings. The number of fused-ring (bicyclic) bond motifs is 1. The molecule has 6 heteroatoms. The molecule has 0 aliphatic carbocycles. The van der Waals surface area contributed by atoms with E-state index in [4.69, 9.17) is 0 Å². The summed E-state index contributed by atoms with van der Waals surface area (Å²) in [4.78, 5) is 24.4. The Morgan fingerprint density at radius 1 is 1.09 bits per heavy atom. The van der Waals surface area contributed by atoms with Crippen LogP contribution in [0.1, 0.15) is 22.5 Å². The van der Waals surface area contributed by atoms with Crippen LogP contribution in [0.5, 0.6) is 0 Å². The SMILES string of the molecule is Cc1cc(-c2ccc3c(c2)N(C(=O)[C@H](Cc2ccccc2)NCc2cscn2)CC3)ccn1. The molecule has 0 unspecified atom stereocenters. The summed E-state index contributed by atoms with van der Waals surface area (Å²) >= 11 is 1.57. The number of nitrogens with one attached hydrogen (secondary N) is 1. The van der Waals surface area contributed by atoms with E-state index in [1.807, 2.05) is 53.2 Å². The van der Waals surface area contributed by atoms with Crippen molar-refractivity contribution < 1.29 is 4.79 Å². The van der Waals surface area contributed by atoms with Gasteiger partial charge in [0.25, 0.3) is 0 Å². The molecule has 0 fully saturated rings. The number of rotatable bonds is 7. The van der Waals surface area contributed by atoms with E-state index in [0.717, 1.165) is 40.2 Å². The Bertz CT molecular complexity index is 1240. The number of aryl methyl sites for hydroxylation is 1. The molecule has 33 heavy (non-hydrogen) atoms. The summed E-state index contributed by atoms with van der Waals surface area (Å²) < 4.78 is 0. The first-order valence-corrected chi connectivity index (χ1v) is 12.1. The van der Waals surface area contributed by atoms with Crippen molar-refractivity contribution in [1.82, 2.24) is 15.3 Å². The van der Waals surface area contributed by atoms with Crippen LogP contribution in [0.2, 0.25) is 0 Å². The number of hydrogen-bond acceptors (Lipinski definition) is 5. The van der Waals surface area contributed by atoms with Gasteiger partial charge < -0.3 is 4.90 Å². The summed E-state index contributed by atoms with van der Waals surface area (Å²) in [7, 11) is 0. The zero-order chi connectivity index (χ0) is 22.6. The number of carbonyl (C=O) groups is 1. The van der Waals surface area contributed by atoms with Crippen LogP contribution in [0.25, 0.3) is 11.1 Å². The van der Waals surface area contributed by atoms with Gasteiger partial charge in [-0.3, -0.25) is 15.1 Å². The van der Waals surface area contributed by atoms with Gasteiger partial charge in [0.1, 0.15) is 0 Å². The number of amides is 1. The number of thiazole rings is 1. The molecule has 0 bridgehead atoms. The Morgan fingerprint density at radius 3 is 2.73 bits per heavy atom. The number of aromatic nitrogens is 2. The minimum absolute atomic E-state index is 0.107. The fraction of sp³-hybridized carbons (Fsp3) is 0.222. The van der Waals surface area contributed by atoms with E-state index >= 15 is 0 Å². The van der Waals surface area contributed by atoms with Gasteiger partial charge >= 0.3 is 0 Å². The van der Waals surface area contributed by atoms with Crippen molar-refractivity contribution in [2.75, 3.05) is 11.4 Å². The summed E-state index contributed by atoms with van der Waals surface area (Å²) in [6.07, 6.45) is 3.35. The highest BCUT2D eigenvalue weighted by Crippen LogP contribution is 2.33. The third-order valence-electron chi connectivity index (χ3n) is 6.07. The lowest BCUT2D eigenvalue weighted by Crippen LogP contribution is -2.47. The quantitative estimate of drug-likeness (QED) is 0.436. The fourth-order valence-corrected chi connectivity index (χ4v) is 4.91. The topological polar surface area (TPSA) is 58.1 Å². The van der Waals surface area contributed by atoms with E-state index in [0.29, 0.717) is 19.5 Å². The Labute approximate surface area is 198 Å². The smallest absolute Gasteiger partial charge is 0.244 e. The van der Waals surface area contributed by atoms with E-state index in [1.165, 1.54) is 5.56 Å². The maximum atomic E-state index is 13.8. The van der Waals surface area contributed by atoms with E-state index in [9.17, 15) is 4.79 Å². The molecule has 5 nitrogen and oxygen atoms in total. The van der Waals surface area contributed by atoms with Crippen LogP contribution in [-0.2, 0) is 24.2 Å². The Morgan fingerprint density at radius 2 is 1.94 bits per heavy atom. The summed E-state index contributed by atoms with van der Waals surface area (Å²) in [5, 5.41) is 5.50. The molecule has 3 heterocycles. The molecule has 0 spiro atoms. The van der Waals surface area contributed by atoms with Crippen LogP contribution >= 0.6 is 11.3 Å². The minimum Gasteiger partial charge on any atom is -0.310 e. The van der Waals surface area contributed by atoms with Crippen molar-refractivity contribution >= 4 is 22.9 Å². The molecule has 0 radical (unpaired) electrons. The number of pyridine rings is 1. The normalized spacial score (nSPS) is 13.7. The first-order chi connectivity index (χ1) is 16.2. The van der Waals surface area contributed by atoms with Gasteiger partial charge in [0.15, 0.2) is 0 Å². The average Bonchev–Trinajstić information content (AvgIpc) is 3.51. The summed E-state index contributed by atoms with van der Waals surface area (Å²) in [5.74, 6) is 0.107. The van der Waals surface area contributed by atoms with Gasteiger partial charge in [-0.1, -0.05) is 42.5 Å². The predicted octanol–water partition coefficient (Wildman–Crippen LogP) is 4.80. The molecule has 1 N–H and O–H groups in total. The summed E-state index contributed by atoms with van der Waals surface area (Å²) in [6.45, 7) is 3.27. The van der Waals surface area contributed by atoms with Crippen LogP contribution in [-0.4, -0.2) is 28.5 Å². The van der Waals surface area contributed by atoms with Crippen LogP contribution in [0, 0.1) is 6.92 Å².